The zero-order valence-corrected chi connectivity index (χ0v) is 16.9. The molecular formula is C15H8Br2ClIS. The van der Waals surface area contributed by atoms with E-state index in [4.69, 9.17) is 11.6 Å². The van der Waals surface area contributed by atoms with E-state index in [2.05, 4.69) is 96.2 Å². The molecule has 0 radical (unpaired) electrons. The molecule has 0 saturated heterocycles. The van der Waals surface area contributed by atoms with Crippen LogP contribution in [0.2, 0.25) is 0 Å². The van der Waals surface area contributed by atoms with Crippen molar-refractivity contribution in [1.82, 2.24) is 0 Å². The van der Waals surface area contributed by atoms with Gasteiger partial charge in [-0.15, -0.1) is 22.9 Å². The van der Waals surface area contributed by atoms with Crippen LogP contribution in [0.5, 0.6) is 0 Å². The van der Waals surface area contributed by atoms with Crippen molar-refractivity contribution < 1.29 is 0 Å². The van der Waals surface area contributed by atoms with Crippen LogP contribution in [0.15, 0.2) is 50.7 Å². The van der Waals surface area contributed by atoms with Gasteiger partial charge in [0.15, 0.2) is 0 Å². The number of hydrogen-bond acceptors (Lipinski definition) is 1. The third-order valence-electron chi connectivity index (χ3n) is 3.09. The fourth-order valence-corrected chi connectivity index (χ4v) is 5.32. The van der Waals surface area contributed by atoms with Crippen LogP contribution in [0, 0.1) is 3.57 Å². The predicted molar refractivity (Wildman–Crippen MR) is 104 cm³/mol. The largest absolute Gasteiger partial charge is 0.142 e. The summed E-state index contributed by atoms with van der Waals surface area (Å²) in [5, 5.41) is 3.22. The lowest BCUT2D eigenvalue weighted by Gasteiger charge is -2.12. The average molecular weight is 542 g/mol. The molecule has 102 valence electrons. The second-order valence-electron chi connectivity index (χ2n) is 4.34. The van der Waals surface area contributed by atoms with Crippen LogP contribution in [-0.4, -0.2) is 0 Å². The number of fused-ring (bicyclic) bond motifs is 1. The highest BCUT2D eigenvalue weighted by molar-refractivity contribution is 14.1. The fraction of sp³-hybridized carbons (Fsp3) is 0.0667. The van der Waals surface area contributed by atoms with Gasteiger partial charge in [0.1, 0.15) is 0 Å². The van der Waals surface area contributed by atoms with E-state index in [9.17, 15) is 0 Å². The van der Waals surface area contributed by atoms with Crippen molar-refractivity contribution in [2.45, 2.75) is 5.38 Å². The lowest BCUT2D eigenvalue weighted by molar-refractivity contribution is 1.15. The van der Waals surface area contributed by atoms with Gasteiger partial charge >= 0.3 is 0 Å². The molecule has 3 aromatic rings. The van der Waals surface area contributed by atoms with Gasteiger partial charge in [-0.3, -0.25) is 0 Å². The normalized spacial score (nSPS) is 12.8. The van der Waals surface area contributed by atoms with Gasteiger partial charge in [-0.2, -0.15) is 0 Å². The van der Waals surface area contributed by atoms with E-state index in [-0.39, 0.29) is 5.38 Å². The van der Waals surface area contributed by atoms with Crippen molar-refractivity contribution in [1.29, 1.82) is 0 Å². The molecule has 3 rings (SSSR count). The molecule has 1 atom stereocenters. The summed E-state index contributed by atoms with van der Waals surface area (Å²) >= 11 is 18.0. The van der Waals surface area contributed by atoms with Crippen LogP contribution >= 0.6 is 77.4 Å². The molecule has 0 amide bonds. The summed E-state index contributed by atoms with van der Waals surface area (Å²) in [6.45, 7) is 0. The zero-order chi connectivity index (χ0) is 14.3. The summed E-state index contributed by atoms with van der Waals surface area (Å²) in [7, 11) is 0. The van der Waals surface area contributed by atoms with E-state index >= 15 is 0 Å². The summed E-state index contributed by atoms with van der Waals surface area (Å²) < 4.78 is 4.60. The quantitative estimate of drug-likeness (QED) is 0.235. The second kappa shape index (κ2) is 6.24. The van der Waals surface area contributed by atoms with Crippen molar-refractivity contribution in [2.75, 3.05) is 0 Å². The van der Waals surface area contributed by atoms with Crippen LogP contribution in [0.4, 0.5) is 0 Å². The minimum atomic E-state index is -0.151. The molecule has 20 heavy (non-hydrogen) atoms. The first-order valence-corrected chi connectivity index (χ1v) is 9.80. The van der Waals surface area contributed by atoms with E-state index in [1.807, 2.05) is 0 Å². The molecule has 0 nitrogen and oxygen atoms in total. The molecule has 1 unspecified atom stereocenters. The van der Waals surface area contributed by atoms with Gasteiger partial charge in [-0.05, 0) is 84.7 Å². The minimum absolute atomic E-state index is 0.151. The average Bonchev–Trinajstić information content (AvgIpc) is 2.86. The SMILES string of the molecule is ClC(c1cc(I)ccc1Br)c1csc2c(Br)cccc12. The maximum Gasteiger partial charge on any atom is 0.0860 e. The van der Waals surface area contributed by atoms with Crippen molar-refractivity contribution in [3.05, 3.63) is 65.4 Å². The van der Waals surface area contributed by atoms with E-state index in [0.717, 1.165) is 20.1 Å². The van der Waals surface area contributed by atoms with Crippen molar-refractivity contribution in [2.24, 2.45) is 0 Å². The molecule has 0 aliphatic rings. The summed E-state index contributed by atoms with van der Waals surface area (Å²) in [5.74, 6) is 0. The molecule has 0 bridgehead atoms. The summed E-state index contributed by atoms with van der Waals surface area (Å²) in [6, 6.07) is 12.5. The Morgan fingerprint density at radius 3 is 2.65 bits per heavy atom. The van der Waals surface area contributed by atoms with Crippen LogP contribution in [-0.2, 0) is 0 Å². The summed E-state index contributed by atoms with van der Waals surface area (Å²) in [6.07, 6.45) is 0. The van der Waals surface area contributed by atoms with Gasteiger partial charge in [0.2, 0.25) is 0 Å². The fourth-order valence-electron chi connectivity index (χ4n) is 2.11. The highest BCUT2D eigenvalue weighted by Gasteiger charge is 2.18. The Kier molecular flexibility index (Phi) is 4.77. The van der Waals surface area contributed by atoms with E-state index in [1.54, 1.807) is 11.3 Å². The lowest BCUT2D eigenvalue weighted by atomic mass is 10.0. The van der Waals surface area contributed by atoms with Gasteiger partial charge in [-0.1, -0.05) is 28.1 Å². The first kappa shape index (κ1) is 15.3. The Hall–Kier alpha value is 0.380. The van der Waals surface area contributed by atoms with Crippen LogP contribution in [0.25, 0.3) is 10.1 Å². The molecule has 5 heteroatoms. The number of benzene rings is 2. The third kappa shape index (κ3) is 2.82. The van der Waals surface area contributed by atoms with Gasteiger partial charge < -0.3 is 0 Å². The van der Waals surface area contributed by atoms with Gasteiger partial charge in [-0.25, -0.2) is 0 Å². The first-order valence-electron chi connectivity index (χ1n) is 5.82. The molecule has 0 fully saturated rings. The van der Waals surface area contributed by atoms with E-state index < -0.39 is 0 Å². The molecule has 0 spiro atoms. The number of halogens is 4. The highest BCUT2D eigenvalue weighted by atomic mass is 127. The summed E-state index contributed by atoms with van der Waals surface area (Å²) in [4.78, 5) is 0. The first-order chi connectivity index (χ1) is 9.58. The van der Waals surface area contributed by atoms with Gasteiger partial charge in [0, 0.05) is 17.2 Å². The Morgan fingerprint density at radius 2 is 1.85 bits per heavy atom. The van der Waals surface area contributed by atoms with E-state index in [0.29, 0.717) is 0 Å². The predicted octanol–water partition coefficient (Wildman–Crippen LogP) is 7.36. The monoisotopic (exact) mass is 540 g/mol. The molecule has 0 aliphatic carbocycles. The standard InChI is InChI=1S/C15H8Br2ClIS/c16-12-5-4-8(19)6-10(12)14(18)11-7-20-15-9(11)2-1-3-13(15)17/h1-7,14H. The molecule has 0 aliphatic heterocycles. The molecule has 1 heterocycles. The smallest absolute Gasteiger partial charge is 0.0860 e. The number of hydrogen-bond donors (Lipinski definition) is 0. The Bertz CT molecular complexity index is 785. The minimum Gasteiger partial charge on any atom is -0.142 e. The molecule has 2 aromatic carbocycles. The maximum atomic E-state index is 6.74. The second-order valence-corrected chi connectivity index (χ2v) is 8.61. The van der Waals surface area contributed by atoms with Crippen molar-refractivity contribution in [3.8, 4) is 0 Å². The number of thiophene rings is 1. The van der Waals surface area contributed by atoms with Crippen LogP contribution in [0.1, 0.15) is 16.5 Å². The van der Waals surface area contributed by atoms with Gasteiger partial charge in [0.25, 0.3) is 0 Å². The highest BCUT2D eigenvalue weighted by Crippen LogP contribution is 2.42. The Labute approximate surface area is 156 Å². The molecular weight excluding hydrogens is 534 g/mol. The zero-order valence-electron chi connectivity index (χ0n) is 10.0. The molecule has 0 saturated carbocycles. The molecule has 0 N–H and O–H groups in total. The Morgan fingerprint density at radius 1 is 1.05 bits per heavy atom. The Balaban J connectivity index is 2.15. The third-order valence-corrected chi connectivity index (χ3v) is 6.92. The van der Waals surface area contributed by atoms with Gasteiger partial charge in [0.05, 0.1) is 5.38 Å². The topological polar surface area (TPSA) is 0 Å². The van der Waals surface area contributed by atoms with Crippen molar-refractivity contribution in [3.63, 3.8) is 0 Å². The molecule has 1 aromatic heterocycles. The van der Waals surface area contributed by atoms with Crippen LogP contribution < -0.4 is 0 Å². The van der Waals surface area contributed by atoms with Crippen LogP contribution in [0.3, 0.4) is 0 Å². The number of rotatable bonds is 2. The lowest BCUT2D eigenvalue weighted by Crippen LogP contribution is -1.94. The maximum absolute atomic E-state index is 6.74. The van der Waals surface area contributed by atoms with Crippen molar-refractivity contribution >= 4 is 87.5 Å². The van der Waals surface area contributed by atoms with E-state index in [1.165, 1.54) is 13.7 Å². The summed E-state index contributed by atoms with van der Waals surface area (Å²) in [5.41, 5.74) is 2.27. The number of alkyl halides is 1.